The number of carbonyl (C=O) groups is 1. The molecule has 1 amide bonds. The van der Waals surface area contributed by atoms with Crippen LogP contribution in [0.4, 0.5) is 0 Å². The first kappa shape index (κ1) is 11.9. The highest BCUT2D eigenvalue weighted by molar-refractivity contribution is 7.09. The molecule has 0 bridgehead atoms. The Balaban J connectivity index is 2.13. The van der Waals surface area contributed by atoms with Gasteiger partial charge in [-0.2, -0.15) is 0 Å². The van der Waals surface area contributed by atoms with Crippen LogP contribution in [-0.2, 0) is 0 Å². The number of carbonyl (C=O) groups excluding carboxylic acids is 1. The van der Waals surface area contributed by atoms with Crippen molar-refractivity contribution in [3.05, 3.63) is 16.1 Å². The van der Waals surface area contributed by atoms with E-state index in [1.165, 1.54) is 11.3 Å². The molecule has 0 spiro atoms. The summed E-state index contributed by atoms with van der Waals surface area (Å²) in [5.41, 5.74) is 0.569. The smallest absolute Gasteiger partial charge is 0.273 e. The normalized spacial score (nSPS) is 21.1. The monoisotopic (exact) mass is 258 g/mol. The lowest BCUT2D eigenvalue weighted by Gasteiger charge is -2.34. The molecule has 1 aromatic rings. The van der Waals surface area contributed by atoms with E-state index >= 15 is 0 Å². The van der Waals surface area contributed by atoms with E-state index in [2.05, 4.69) is 4.98 Å². The molecule has 88 valence electrons. The number of aromatic nitrogens is 1. The summed E-state index contributed by atoms with van der Waals surface area (Å²) in [6, 6.07) is 0.185. The number of nitrogens with zero attached hydrogens (tertiary/aromatic N) is 2. The Bertz CT molecular complexity index is 380. The van der Waals surface area contributed by atoms with E-state index in [1.807, 2.05) is 17.2 Å². The van der Waals surface area contributed by atoms with Crippen LogP contribution in [0.2, 0.25) is 0 Å². The average molecular weight is 259 g/mol. The topological polar surface area (TPSA) is 33.2 Å². The van der Waals surface area contributed by atoms with Crippen molar-refractivity contribution in [1.82, 2.24) is 9.88 Å². The SMILES string of the molecule is Cc1nc(C(=O)N2CCCCC2CCl)cs1. The first-order valence-electron chi connectivity index (χ1n) is 5.51. The van der Waals surface area contributed by atoms with Crippen LogP contribution in [0.3, 0.4) is 0 Å². The minimum Gasteiger partial charge on any atom is -0.333 e. The zero-order chi connectivity index (χ0) is 11.5. The molecule has 16 heavy (non-hydrogen) atoms. The predicted molar refractivity (Wildman–Crippen MR) is 66.2 cm³/mol. The molecule has 2 rings (SSSR count). The second kappa shape index (κ2) is 5.15. The van der Waals surface area contributed by atoms with Crippen LogP contribution < -0.4 is 0 Å². The number of amides is 1. The van der Waals surface area contributed by atoms with Crippen molar-refractivity contribution in [3.8, 4) is 0 Å². The third-order valence-corrected chi connectivity index (χ3v) is 4.03. The minimum atomic E-state index is 0.0368. The number of thiazole rings is 1. The van der Waals surface area contributed by atoms with Crippen LogP contribution in [-0.4, -0.2) is 34.3 Å². The second-order valence-corrected chi connectivity index (χ2v) is 5.43. The Morgan fingerprint density at radius 1 is 1.69 bits per heavy atom. The lowest BCUT2D eigenvalue weighted by Crippen LogP contribution is -2.44. The molecule has 2 heterocycles. The highest BCUT2D eigenvalue weighted by atomic mass is 35.5. The maximum absolute atomic E-state index is 12.2. The van der Waals surface area contributed by atoms with Gasteiger partial charge in [-0.3, -0.25) is 4.79 Å². The molecular weight excluding hydrogens is 244 g/mol. The molecule has 0 saturated carbocycles. The number of piperidine rings is 1. The Hall–Kier alpha value is -0.610. The van der Waals surface area contributed by atoms with Crippen molar-refractivity contribution in [3.63, 3.8) is 0 Å². The van der Waals surface area contributed by atoms with E-state index in [1.54, 1.807) is 0 Å². The third kappa shape index (κ3) is 2.38. The molecule has 1 aliphatic heterocycles. The molecular formula is C11H15ClN2OS. The minimum absolute atomic E-state index is 0.0368. The van der Waals surface area contributed by atoms with Gasteiger partial charge in [0.1, 0.15) is 5.69 Å². The maximum atomic E-state index is 12.2. The van der Waals surface area contributed by atoms with Gasteiger partial charge in [0.15, 0.2) is 0 Å². The first-order valence-corrected chi connectivity index (χ1v) is 6.93. The van der Waals surface area contributed by atoms with Crippen molar-refractivity contribution in [1.29, 1.82) is 0 Å². The van der Waals surface area contributed by atoms with Gasteiger partial charge in [-0.05, 0) is 26.2 Å². The van der Waals surface area contributed by atoms with Crippen molar-refractivity contribution in [2.45, 2.75) is 32.2 Å². The molecule has 1 atom stereocenters. The summed E-state index contributed by atoms with van der Waals surface area (Å²) in [7, 11) is 0. The van der Waals surface area contributed by atoms with Crippen LogP contribution in [0.1, 0.15) is 34.8 Å². The molecule has 0 aliphatic carbocycles. The third-order valence-electron chi connectivity index (χ3n) is 2.90. The molecule has 5 heteroatoms. The van der Waals surface area contributed by atoms with Crippen LogP contribution >= 0.6 is 22.9 Å². The van der Waals surface area contributed by atoms with E-state index in [4.69, 9.17) is 11.6 Å². The summed E-state index contributed by atoms with van der Waals surface area (Å²) in [5.74, 6) is 0.559. The average Bonchev–Trinajstić information content (AvgIpc) is 2.75. The van der Waals surface area contributed by atoms with Crippen molar-refractivity contribution in [2.75, 3.05) is 12.4 Å². The summed E-state index contributed by atoms with van der Waals surface area (Å²) < 4.78 is 0. The molecule has 1 saturated heterocycles. The number of alkyl halides is 1. The van der Waals surface area contributed by atoms with Gasteiger partial charge in [-0.25, -0.2) is 4.98 Å². The van der Waals surface area contributed by atoms with E-state index < -0.39 is 0 Å². The van der Waals surface area contributed by atoms with E-state index in [0.29, 0.717) is 11.6 Å². The Labute approximate surface area is 104 Å². The van der Waals surface area contributed by atoms with Crippen LogP contribution in [0.5, 0.6) is 0 Å². The van der Waals surface area contributed by atoms with Gasteiger partial charge in [0.25, 0.3) is 5.91 Å². The van der Waals surface area contributed by atoms with Gasteiger partial charge in [-0.15, -0.1) is 22.9 Å². The summed E-state index contributed by atoms with van der Waals surface area (Å²) in [4.78, 5) is 18.3. The largest absolute Gasteiger partial charge is 0.333 e. The molecule has 0 radical (unpaired) electrons. The van der Waals surface area contributed by atoms with Crippen molar-refractivity contribution < 1.29 is 4.79 Å². The van der Waals surface area contributed by atoms with Crippen LogP contribution in [0.15, 0.2) is 5.38 Å². The van der Waals surface area contributed by atoms with Crippen LogP contribution in [0, 0.1) is 6.92 Å². The molecule has 0 aromatic carbocycles. The van der Waals surface area contributed by atoms with E-state index in [9.17, 15) is 4.79 Å². The fraction of sp³-hybridized carbons (Fsp3) is 0.636. The van der Waals surface area contributed by atoms with Gasteiger partial charge in [0.2, 0.25) is 0 Å². The summed E-state index contributed by atoms with van der Waals surface area (Å²) in [6.07, 6.45) is 3.25. The summed E-state index contributed by atoms with van der Waals surface area (Å²) in [6.45, 7) is 2.73. The molecule has 1 fully saturated rings. The fourth-order valence-corrected chi connectivity index (χ4v) is 2.94. The zero-order valence-corrected chi connectivity index (χ0v) is 10.9. The Morgan fingerprint density at radius 3 is 3.12 bits per heavy atom. The first-order chi connectivity index (χ1) is 7.72. The summed E-state index contributed by atoms with van der Waals surface area (Å²) in [5, 5.41) is 2.76. The maximum Gasteiger partial charge on any atom is 0.273 e. The zero-order valence-electron chi connectivity index (χ0n) is 9.28. The number of hydrogen-bond donors (Lipinski definition) is 0. The van der Waals surface area contributed by atoms with Gasteiger partial charge in [0.05, 0.1) is 5.01 Å². The number of halogens is 1. The highest BCUT2D eigenvalue weighted by Crippen LogP contribution is 2.21. The van der Waals surface area contributed by atoms with Crippen molar-refractivity contribution >= 4 is 28.8 Å². The molecule has 1 aliphatic rings. The Morgan fingerprint density at radius 2 is 2.50 bits per heavy atom. The van der Waals surface area contributed by atoms with Gasteiger partial charge in [-0.1, -0.05) is 0 Å². The van der Waals surface area contributed by atoms with E-state index in [0.717, 1.165) is 30.8 Å². The van der Waals surface area contributed by atoms with Gasteiger partial charge >= 0.3 is 0 Å². The quantitative estimate of drug-likeness (QED) is 0.765. The molecule has 3 nitrogen and oxygen atoms in total. The number of aryl methyl sites for hydroxylation is 1. The lowest BCUT2D eigenvalue weighted by atomic mass is 10.0. The number of hydrogen-bond acceptors (Lipinski definition) is 3. The second-order valence-electron chi connectivity index (χ2n) is 4.05. The molecule has 1 unspecified atom stereocenters. The van der Waals surface area contributed by atoms with Gasteiger partial charge in [0, 0.05) is 23.8 Å². The lowest BCUT2D eigenvalue weighted by molar-refractivity contribution is 0.0633. The predicted octanol–water partition coefficient (Wildman–Crippen LogP) is 2.69. The van der Waals surface area contributed by atoms with E-state index in [-0.39, 0.29) is 11.9 Å². The highest BCUT2D eigenvalue weighted by Gasteiger charge is 2.27. The number of rotatable bonds is 2. The van der Waals surface area contributed by atoms with Gasteiger partial charge < -0.3 is 4.90 Å². The van der Waals surface area contributed by atoms with Crippen molar-refractivity contribution in [2.24, 2.45) is 0 Å². The standard InChI is InChI=1S/C11H15ClN2OS/c1-8-13-10(7-16-8)11(15)14-5-3-2-4-9(14)6-12/h7,9H,2-6H2,1H3. The van der Waals surface area contributed by atoms with Crippen LogP contribution in [0.25, 0.3) is 0 Å². The Kier molecular flexibility index (Phi) is 3.82. The molecule has 1 aromatic heterocycles. The summed E-state index contributed by atoms with van der Waals surface area (Å²) >= 11 is 7.41. The molecule has 0 N–H and O–H groups in total. The fourth-order valence-electron chi connectivity index (χ4n) is 2.04. The number of likely N-dealkylation sites (tertiary alicyclic amines) is 1.